The molecule has 1 heterocycles. The number of thioether (sulfide) groups is 1. The summed E-state index contributed by atoms with van der Waals surface area (Å²) >= 11 is 1.65. The molecule has 0 amide bonds. The quantitative estimate of drug-likeness (QED) is 0.593. The number of nitriles is 1. The molecular weight excluding hydrogens is 344 g/mol. The molecule has 6 heteroatoms. The molecule has 0 atom stereocenters. The molecule has 0 fully saturated rings. The average Bonchev–Trinajstić information content (AvgIpc) is 3.11. The van der Waals surface area contributed by atoms with E-state index in [2.05, 4.69) is 34.7 Å². The Morgan fingerprint density at radius 1 is 1.08 bits per heavy atom. The number of benzene rings is 2. The number of rotatable bonds is 6. The summed E-state index contributed by atoms with van der Waals surface area (Å²) in [5.41, 5.74) is 2.83. The van der Waals surface area contributed by atoms with Crippen LogP contribution in [-0.4, -0.2) is 21.9 Å². The van der Waals surface area contributed by atoms with Crippen LogP contribution in [0.15, 0.2) is 53.7 Å². The van der Waals surface area contributed by atoms with Crippen LogP contribution in [0.1, 0.15) is 31.0 Å². The van der Waals surface area contributed by atoms with Crippen molar-refractivity contribution in [3.8, 4) is 23.2 Å². The second-order valence-corrected chi connectivity index (χ2v) is 7.04. The number of hydrogen-bond donors (Lipinski definition) is 0. The average molecular weight is 364 g/mol. The Morgan fingerprint density at radius 3 is 2.35 bits per heavy atom. The molecule has 0 aliphatic rings. The Bertz CT molecular complexity index is 908. The van der Waals surface area contributed by atoms with E-state index in [4.69, 9.17) is 10.00 Å². The van der Waals surface area contributed by atoms with Gasteiger partial charge in [-0.2, -0.15) is 5.26 Å². The zero-order valence-corrected chi connectivity index (χ0v) is 15.8. The Morgan fingerprint density at radius 2 is 1.77 bits per heavy atom. The number of methoxy groups -OCH3 is 1. The van der Waals surface area contributed by atoms with Gasteiger partial charge in [0.05, 0.1) is 18.7 Å². The normalized spacial score (nSPS) is 10.7. The third kappa shape index (κ3) is 3.89. The van der Waals surface area contributed by atoms with Gasteiger partial charge in [-0.1, -0.05) is 23.9 Å². The molecule has 0 unspecified atom stereocenters. The molecule has 5 nitrogen and oxygen atoms in total. The second kappa shape index (κ2) is 8.07. The highest BCUT2D eigenvalue weighted by molar-refractivity contribution is 7.98. The van der Waals surface area contributed by atoms with Crippen LogP contribution in [-0.2, 0) is 5.75 Å². The van der Waals surface area contributed by atoms with Crippen molar-refractivity contribution < 1.29 is 4.74 Å². The molecule has 0 radical (unpaired) electrons. The van der Waals surface area contributed by atoms with E-state index in [0.29, 0.717) is 5.56 Å². The Hall–Kier alpha value is -2.78. The predicted molar refractivity (Wildman–Crippen MR) is 103 cm³/mol. The van der Waals surface area contributed by atoms with E-state index in [1.54, 1.807) is 18.9 Å². The van der Waals surface area contributed by atoms with Crippen LogP contribution in [0.4, 0.5) is 0 Å². The van der Waals surface area contributed by atoms with Crippen molar-refractivity contribution in [2.75, 3.05) is 7.11 Å². The number of nitrogens with zero attached hydrogens (tertiary/aromatic N) is 4. The lowest BCUT2D eigenvalue weighted by atomic mass is 10.2. The van der Waals surface area contributed by atoms with Gasteiger partial charge in [-0.05, 0) is 55.8 Å². The third-order valence-electron chi connectivity index (χ3n) is 3.98. The molecular formula is C20H20N4OS. The van der Waals surface area contributed by atoms with Crippen molar-refractivity contribution in [2.45, 2.75) is 30.8 Å². The summed E-state index contributed by atoms with van der Waals surface area (Å²) < 4.78 is 7.37. The van der Waals surface area contributed by atoms with Gasteiger partial charge in [0, 0.05) is 17.4 Å². The van der Waals surface area contributed by atoms with Gasteiger partial charge in [0.25, 0.3) is 0 Å². The number of ether oxygens (including phenoxy) is 1. The molecule has 0 N–H and O–H groups in total. The molecule has 0 bridgehead atoms. The van der Waals surface area contributed by atoms with Crippen LogP contribution in [0.3, 0.4) is 0 Å². The van der Waals surface area contributed by atoms with Gasteiger partial charge in [0.1, 0.15) is 5.75 Å². The molecule has 2 aromatic carbocycles. The maximum Gasteiger partial charge on any atom is 0.192 e. The highest BCUT2D eigenvalue weighted by Gasteiger charge is 2.17. The van der Waals surface area contributed by atoms with Gasteiger partial charge in [-0.25, -0.2) is 0 Å². The number of aromatic nitrogens is 3. The molecule has 132 valence electrons. The first-order chi connectivity index (χ1) is 12.6. The van der Waals surface area contributed by atoms with Crippen LogP contribution in [0.2, 0.25) is 0 Å². The van der Waals surface area contributed by atoms with Gasteiger partial charge in [0.2, 0.25) is 0 Å². The lowest BCUT2D eigenvalue weighted by Crippen LogP contribution is -2.05. The summed E-state index contributed by atoms with van der Waals surface area (Å²) in [6, 6.07) is 17.9. The largest absolute Gasteiger partial charge is 0.497 e. The molecule has 1 aromatic heterocycles. The van der Waals surface area contributed by atoms with Crippen molar-refractivity contribution in [3.05, 3.63) is 59.7 Å². The maximum absolute atomic E-state index is 8.89. The van der Waals surface area contributed by atoms with E-state index >= 15 is 0 Å². The highest BCUT2D eigenvalue weighted by atomic mass is 32.2. The Kier molecular flexibility index (Phi) is 5.59. The topological polar surface area (TPSA) is 63.7 Å². The van der Waals surface area contributed by atoms with E-state index < -0.39 is 0 Å². The monoisotopic (exact) mass is 364 g/mol. The SMILES string of the molecule is COc1ccc(-c2nnc(SCc3ccc(C#N)cc3)n2C(C)C)cc1. The minimum atomic E-state index is 0.241. The molecule has 0 aliphatic heterocycles. The summed E-state index contributed by atoms with van der Waals surface area (Å²) in [6.45, 7) is 4.25. The van der Waals surface area contributed by atoms with E-state index in [9.17, 15) is 0 Å². The lowest BCUT2D eigenvalue weighted by molar-refractivity contribution is 0.415. The third-order valence-corrected chi connectivity index (χ3v) is 4.99. The van der Waals surface area contributed by atoms with Crippen LogP contribution in [0, 0.1) is 11.3 Å². The van der Waals surface area contributed by atoms with Crippen molar-refractivity contribution >= 4 is 11.8 Å². The number of hydrogen-bond acceptors (Lipinski definition) is 5. The molecule has 0 spiro atoms. The van der Waals surface area contributed by atoms with Crippen molar-refractivity contribution in [3.63, 3.8) is 0 Å². The molecule has 26 heavy (non-hydrogen) atoms. The first kappa shape index (κ1) is 18.0. The summed E-state index contributed by atoms with van der Waals surface area (Å²) in [5, 5.41) is 18.6. The second-order valence-electron chi connectivity index (χ2n) is 6.10. The van der Waals surface area contributed by atoms with Gasteiger partial charge < -0.3 is 4.74 Å². The molecule has 3 aromatic rings. The van der Waals surface area contributed by atoms with E-state index in [1.807, 2.05) is 48.5 Å². The van der Waals surface area contributed by atoms with Crippen LogP contribution in [0.25, 0.3) is 11.4 Å². The standard InChI is InChI=1S/C20H20N4OS/c1-14(2)24-19(17-8-10-18(25-3)11-9-17)22-23-20(24)26-13-16-6-4-15(12-21)5-7-16/h4-11,14H,13H2,1-3H3. The van der Waals surface area contributed by atoms with E-state index in [0.717, 1.165) is 33.6 Å². The van der Waals surface area contributed by atoms with Crippen molar-refractivity contribution in [1.82, 2.24) is 14.8 Å². The lowest BCUT2D eigenvalue weighted by Gasteiger charge is -2.14. The Labute approximate surface area is 157 Å². The summed E-state index contributed by atoms with van der Waals surface area (Å²) in [5.74, 6) is 2.45. The smallest absolute Gasteiger partial charge is 0.192 e. The molecule has 0 saturated carbocycles. The van der Waals surface area contributed by atoms with Crippen LogP contribution < -0.4 is 4.74 Å². The predicted octanol–water partition coefficient (Wildman–Crippen LogP) is 4.70. The summed E-state index contributed by atoms with van der Waals surface area (Å²) in [6.07, 6.45) is 0. The molecule has 3 rings (SSSR count). The zero-order chi connectivity index (χ0) is 18.5. The van der Waals surface area contributed by atoms with Gasteiger partial charge >= 0.3 is 0 Å². The van der Waals surface area contributed by atoms with E-state index in [1.165, 1.54) is 0 Å². The Balaban J connectivity index is 1.83. The highest BCUT2D eigenvalue weighted by Crippen LogP contribution is 2.30. The molecule has 0 aliphatic carbocycles. The fraction of sp³-hybridized carbons (Fsp3) is 0.250. The summed E-state index contributed by atoms with van der Waals surface area (Å²) in [7, 11) is 1.66. The van der Waals surface area contributed by atoms with Crippen molar-refractivity contribution in [2.24, 2.45) is 0 Å². The first-order valence-electron chi connectivity index (χ1n) is 8.33. The van der Waals surface area contributed by atoms with Crippen LogP contribution >= 0.6 is 11.8 Å². The zero-order valence-electron chi connectivity index (χ0n) is 15.0. The maximum atomic E-state index is 8.89. The van der Waals surface area contributed by atoms with Gasteiger partial charge in [0.15, 0.2) is 11.0 Å². The first-order valence-corrected chi connectivity index (χ1v) is 9.32. The fourth-order valence-corrected chi connectivity index (χ4v) is 3.62. The van der Waals surface area contributed by atoms with Crippen LogP contribution in [0.5, 0.6) is 5.75 Å². The summed E-state index contributed by atoms with van der Waals surface area (Å²) in [4.78, 5) is 0. The molecule has 0 saturated heterocycles. The minimum Gasteiger partial charge on any atom is -0.497 e. The van der Waals surface area contributed by atoms with E-state index in [-0.39, 0.29) is 6.04 Å². The minimum absolute atomic E-state index is 0.241. The fourth-order valence-electron chi connectivity index (χ4n) is 2.60. The van der Waals surface area contributed by atoms with Gasteiger partial charge in [-0.3, -0.25) is 4.57 Å². The van der Waals surface area contributed by atoms with Crippen molar-refractivity contribution in [1.29, 1.82) is 5.26 Å². The van der Waals surface area contributed by atoms with Gasteiger partial charge in [-0.15, -0.1) is 10.2 Å².